The molecule has 33 heavy (non-hydrogen) atoms. The Hall–Kier alpha value is -3.02. The van der Waals surface area contributed by atoms with Crippen molar-refractivity contribution in [3.63, 3.8) is 0 Å². The maximum atomic E-state index is 12.9. The van der Waals surface area contributed by atoms with Gasteiger partial charge in [-0.05, 0) is 13.8 Å². The molecule has 0 aromatic carbocycles. The highest BCUT2D eigenvalue weighted by molar-refractivity contribution is 7.84. The van der Waals surface area contributed by atoms with Crippen LogP contribution in [0.1, 0.15) is 19.5 Å². The molecule has 2 aliphatic heterocycles. The topological polar surface area (TPSA) is 214 Å². The zero-order chi connectivity index (χ0) is 24.5. The van der Waals surface area contributed by atoms with Crippen molar-refractivity contribution in [3.05, 3.63) is 11.1 Å². The van der Waals surface area contributed by atoms with E-state index in [4.69, 9.17) is 20.4 Å². The minimum Gasteiger partial charge on any atom is -0.442 e. The van der Waals surface area contributed by atoms with E-state index in [1.165, 1.54) is 5.38 Å². The second-order valence-corrected chi connectivity index (χ2v) is 9.57. The number of β-lactam (4-membered cyclic amide) rings is 1. The molecule has 2 aliphatic rings. The van der Waals surface area contributed by atoms with E-state index in [-0.39, 0.29) is 27.4 Å². The number of hydrogen-bond acceptors (Lipinski definition) is 12. The van der Waals surface area contributed by atoms with Gasteiger partial charge < -0.3 is 30.6 Å². The molecule has 0 spiro atoms. The first-order chi connectivity index (χ1) is 15.4. The summed E-state index contributed by atoms with van der Waals surface area (Å²) in [6, 6.07) is -2.77. The lowest BCUT2D eigenvalue weighted by atomic mass is 9.97. The lowest BCUT2D eigenvalue weighted by Gasteiger charge is -2.45. The summed E-state index contributed by atoms with van der Waals surface area (Å²) in [7, 11) is -4.98. The standard InChI is InChI=1S/C16H22N6O9S2/c1-7(2)31-20-11(9-6-32-15(17)18-9)13(24)19-12-10(22(14(12)25)33(27,28)29)4-21-3-8(5-23)30-16(21)26/h6-8,10,12,23H,3-5H2,1-2H3,(H2,17,18)(H,19,24)(H,27,28,29). The first-order valence-corrected chi connectivity index (χ1v) is 11.8. The minimum atomic E-state index is -4.98. The number of cyclic esters (lactones) is 1. The van der Waals surface area contributed by atoms with E-state index in [1.807, 2.05) is 0 Å². The summed E-state index contributed by atoms with van der Waals surface area (Å²) in [5.41, 5.74) is 5.36. The van der Waals surface area contributed by atoms with Gasteiger partial charge in [0.15, 0.2) is 10.8 Å². The van der Waals surface area contributed by atoms with Gasteiger partial charge in [0, 0.05) is 11.9 Å². The van der Waals surface area contributed by atoms with Gasteiger partial charge in [-0.1, -0.05) is 5.16 Å². The number of aromatic nitrogens is 1. The molecule has 1 aromatic rings. The van der Waals surface area contributed by atoms with Crippen LogP contribution in [0.5, 0.6) is 0 Å². The van der Waals surface area contributed by atoms with Crippen molar-refractivity contribution in [2.45, 2.75) is 38.1 Å². The fourth-order valence-electron chi connectivity index (χ4n) is 3.15. The molecule has 3 heterocycles. The van der Waals surface area contributed by atoms with E-state index in [2.05, 4.69) is 15.5 Å². The van der Waals surface area contributed by atoms with Gasteiger partial charge in [-0.2, -0.15) is 8.42 Å². The van der Waals surface area contributed by atoms with Crippen molar-refractivity contribution in [3.8, 4) is 0 Å². The second kappa shape index (κ2) is 9.46. The fraction of sp³-hybridized carbons (Fsp3) is 0.562. The van der Waals surface area contributed by atoms with Gasteiger partial charge in [-0.15, -0.1) is 11.3 Å². The van der Waals surface area contributed by atoms with E-state index in [0.717, 1.165) is 16.2 Å². The Labute approximate surface area is 192 Å². The molecule has 3 unspecified atom stereocenters. The molecule has 2 saturated heterocycles. The Morgan fingerprint density at radius 1 is 1.48 bits per heavy atom. The van der Waals surface area contributed by atoms with E-state index in [1.54, 1.807) is 13.8 Å². The van der Waals surface area contributed by atoms with Crippen LogP contribution in [0.4, 0.5) is 9.93 Å². The zero-order valence-electron chi connectivity index (χ0n) is 17.4. The molecule has 17 heteroatoms. The molecular formula is C16H22N6O9S2. The summed E-state index contributed by atoms with van der Waals surface area (Å²) in [4.78, 5) is 47.5. The molecular weight excluding hydrogens is 484 g/mol. The van der Waals surface area contributed by atoms with Crippen LogP contribution in [0.15, 0.2) is 10.5 Å². The number of carbonyl (C=O) groups excluding carboxylic acids is 3. The Morgan fingerprint density at radius 3 is 2.70 bits per heavy atom. The average Bonchev–Trinajstić information content (AvgIpc) is 3.30. The highest BCUT2D eigenvalue weighted by atomic mass is 32.2. The molecule has 3 amide bonds. The number of nitrogens with two attached hydrogens (primary N) is 1. The lowest BCUT2D eigenvalue weighted by molar-refractivity contribution is -0.145. The third-order valence-electron chi connectivity index (χ3n) is 4.60. The molecule has 0 bridgehead atoms. The number of nitrogens with zero attached hydrogens (tertiary/aromatic N) is 4. The molecule has 15 nitrogen and oxygen atoms in total. The average molecular weight is 507 g/mol. The zero-order valence-corrected chi connectivity index (χ0v) is 19.1. The molecule has 3 rings (SSSR count). The highest BCUT2D eigenvalue weighted by Crippen LogP contribution is 2.26. The number of nitrogens with one attached hydrogen (secondary N) is 1. The van der Waals surface area contributed by atoms with Crippen LogP contribution >= 0.6 is 11.3 Å². The van der Waals surface area contributed by atoms with Gasteiger partial charge in [0.2, 0.25) is 0 Å². The number of carbonyl (C=O) groups is 3. The van der Waals surface area contributed by atoms with E-state index < -0.39 is 65.7 Å². The van der Waals surface area contributed by atoms with Crippen molar-refractivity contribution in [2.24, 2.45) is 5.16 Å². The summed E-state index contributed by atoms with van der Waals surface area (Å²) < 4.78 is 37.8. The molecule has 3 atom stereocenters. The maximum absolute atomic E-state index is 12.9. The Bertz CT molecular complexity index is 1070. The molecule has 0 saturated carbocycles. The normalized spacial score (nSPS) is 23.5. The second-order valence-electron chi connectivity index (χ2n) is 7.39. The number of rotatable bonds is 9. The number of hydrogen-bond donors (Lipinski definition) is 4. The van der Waals surface area contributed by atoms with E-state index >= 15 is 0 Å². The number of oxime groups is 1. The largest absolute Gasteiger partial charge is 0.442 e. The summed E-state index contributed by atoms with van der Waals surface area (Å²) in [5.74, 6) is -2.04. The van der Waals surface area contributed by atoms with Crippen LogP contribution in [0.25, 0.3) is 0 Å². The van der Waals surface area contributed by atoms with Crippen molar-refractivity contribution in [2.75, 3.05) is 25.4 Å². The van der Waals surface area contributed by atoms with Crippen LogP contribution in [0, 0.1) is 0 Å². The van der Waals surface area contributed by atoms with Crippen LogP contribution < -0.4 is 11.1 Å². The van der Waals surface area contributed by atoms with Gasteiger partial charge in [-0.3, -0.25) is 14.1 Å². The predicted octanol–water partition coefficient (Wildman–Crippen LogP) is -1.83. The number of ether oxygens (including phenoxy) is 1. The fourth-order valence-corrected chi connectivity index (χ4v) is 4.57. The Balaban J connectivity index is 1.82. The van der Waals surface area contributed by atoms with Crippen molar-refractivity contribution in [1.29, 1.82) is 0 Å². The molecule has 2 fully saturated rings. The lowest BCUT2D eigenvalue weighted by Crippen LogP contribution is -2.74. The van der Waals surface area contributed by atoms with Crippen molar-refractivity contribution < 1.29 is 42.0 Å². The molecule has 0 aliphatic carbocycles. The van der Waals surface area contributed by atoms with Gasteiger partial charge in [0.25, 0.3) is 11.8 Å². The Kier molecular flexibility index (Phi) is 7.06. The predicted molar refractivity (Wildman–Crippen MR) is 112 cm³/mol. The first kappa shape index (κ1) is 24.6. The van der Waals surface area contributed by atoms with Crippen molar-refractivity contribution in [1.82, 2.24) is 19.5 Å². The number of amides is 3. The summed E-state index contributed by atoms with van der Waals surface area (Å²) in [6.45, 7) is 2.40. The SMILES string of the molecule is CC(C)ON=C(C(=O)NC1C(=O)N(S(=O)(=O)O)C1CN1CC(CO)OC1=O)c1csc(N)n1. The molecule has 0 radical (unpaired) electrons. The van der Waals surface area contributed by atoms with Crippen LogP contribution in [-0.4, -0.2) is 99.9 Å². The summed E-state index contributed by atoms with van der Waals surface area (Å²) in [6.07, 6.45) is -2.07. The first-order valence-electron chi connectivity index (χ1n) is 9.55. The minimum absolute atomic E-state index is 0.0690. The number of anilines is 1. The van der Waals surface area contributed by atoms with E-state index in [0.29, 0.717) is 0 Å². The third-order valence-corrected chi connectivity index (χ3v) is 6.22. The Morgan fingerprint density at radius 2 is 2.18 bits per heavy atom. The summed E-state index contributed by atoms with van der Waals surface area (Å²) >= 11 is 1.04. The van der Waals surface area contributed by atoms with E-state index in [9.17, 15) is 27.4 Å². The number of aliphatic hydroxyl groups excluding tert-OH is 1. The summed E-state index contributed by atoms with van der Waals surface area (Å²) in [5, 5.41) is 16.9. The number of thiazole rings is 1. The van der Waals surface area contributed by atoms with Crippen LogP contribution in [0.2, 0.25) is 0 Å². The quantitative estimate of drug-likeness (QED) is 0.126. The van der Waals surface area contributed by atoms with Gasteiger partial charge in [0.05, 0.1) is 19.2 Å². The molecule has 1 aromatic heterocycles. The van der Waals surface area contributed by atoms with Gasteiger partial charge >= 0.3 is 16.4 Å². The van der Waals surface area contributed by atoms with Crippen molar-refractivity contribution >= 4 is 50.4 Å². The molecule has 182 valence electrons. The highest BCUT2D eigenvalue weighted by Gasteiger charge is 2.55. The van der Waals surface area contributed by atoms with Gasteiger partial charge in [0.1, 0.15) is 23.9 Å². The monoisotopic (exact) mass is 506 g/mol. The van der Waals surface area contributed by atoms with Gasteiger partial charge in [-0.25, -0.2) is 14.1 Å². The number of nitrogen functional groups attached to an aromatic ring is 1. The van der Waals surface area contributed by atoms with Crippen LogP contribution in [0.3, 0.4) is 0 Å². The third kappa shape index (κ3) is 5.32. The number of aliphatic hydroxyl groups is 1. The maximum Gasteiger partial charge on any atom is 0.410 e. The molecule has 5 N–H and O–H groups in total. The smallest absolute Gasteiger partial charge is 0.410 e. The van der Waals surface area contributed by atoms with Crippen LogP contribution in [-0.2, 0) is 29.5 Å².